The van der Waals surface area contributed by atoms with Crippen molar-refractivity contribution in [2.24, 2.45) is 0 Å². The van der Waals surface area contributed by atoms with E-state index in [0.29, 0.717) is 0 Å². The first-order valence-electron chi connectivity index (χ1n) is 3.58. The highest BCUT2D eigenvalue weighted by molar-refractivity contribution is 5.82. The lowest BCUT2D eigenvalue weighted by molar-refractivity contribution is -0.165. The van der Waals surface area contributed by atoms with E-state index in [1.807, 2.05) is 0 Å². The number of carbonyl (C=O) groups excluding carboxylic acids is 2. The molecule has 0 radical (unpaired) electrons. The van der Waals surface area contributed by atoms with Crippen LogP contribution in [0.25, 0.3) is 0 Å². The topological polar surface area (TPSA) is 55.8 Å². The molecule has 0 aromatic carbocycles. The molecular formula is C7H11NO4. The lowest BCUT2D eigenvalue weighted by Gasteiger charge is -2.27. The number of hydrogen-bond acceptors (Lipinski definition) is 4. The molecule has 1 rings (SSSR count). The van der Waals surface area contributed by atoms with Crippen LogP contribution in [0.15, 0.2) is 0 Å². The fourth-order valence-corrected chi connectivity index (χ4v) is 0.959. The molecule has 1 aliphatic heterocycles. The Bertz CT molecular complexity index is 204. The molecule has 5 heteroatoms. The van der Waals surface area contributed by atoms with Gasteiger partial charge in [-0.1, -0.05) is 0 Å². The summed E-state index contributed by atoms with van der Waals surface area (Å²) in [6.07, 6.45) is -0.627. The molecule has 5 nitrogen and oxygen atoms in total. The van der Waals surface area contributed by atoms with Gasteiger partial charge in [-0.3, -0.25) is 4.79 Å². The number of hydrogen-bond donors (Lipinski definition) is 0. The van der Waals surface area contributed by atoms with Crippen molar-refractivity contribution in [1.29, 1.82) is 0 Å². The summed E-state index contributed by atoms with van der Waals surface area (Å²) < 4.78 is 9.42. The second kappa shape index (κ2) is 3.53. The average molecular weight is 173 g/mol. The molecule has 0 aromatic rings. The summed E-state index contributed by atoms with van der Waals surface area (Å²) in [5, 5.41) is 0. The fourth-order valence-electron chi connectivity index (χ4n) is 0.959. The minimum Gasteiger partial charge on any atom is -0.467 e. The summed E-state index contributed by atoms with van der Waals surface area (Å²) >= 11 is 0. The Labute approximate surface area is 70.2 Å². The first-order valence-corrected chi connectivity index (χ1v) is 3.58. The third kappa shape index (κ3) is 1.73. The molecule has 1 heterocycles. The van der Waals surface area contributed by atoms with E-state index in [1.165, 1.54) is 12.0 Å². The average Bonchev–Trinajstić information content (AvgIpc) is 2.08. The summed E-state index contributed by atoms with van der Waals surface area (Å²) in [6.45, 7) is 0.224. The maximum absolute atomic E-state index is 10.9. The van der Waals surface area contributed by atoms with Crippen molar-refractivity contribution in [1.82, 2.24) is 4.90 Å². The third-order valence-corrected chi connectivity index (χ3v) is 1.74. The standard InChI is InChI=1S/C7H11NO4/c1-8-3-5(7(10)11-2)12-4-6(8)9/h5H,3-4H2,1-2H3. The van der Waals surface area contributed by atoms with Gasteiger partial charge in [0.15, 0.2) is 6.10 Å². The lowest BCUT2D eigenvalue weighted by atomic mass is 10.3. The maximum atomic E-state index is 10.9. The third-order valence-electron chi connectivity index (χ3n) is 1.74. The molecule has 0 aliphatic carbocycles. The summed E-state index contributed by atoms with van der Waals surface area (Å²) in [6, 6.07) is 0. The van der Waals surface area contributed by atoms with E-state index in [9.17, 15) is 9.59 Å². The van der Waals surface area contributed by atoms with Gasteiger partial charge in [0, 0.05) is 7.05 Å². The molecule has 0 aromatic heterocycles. The largest absolute Gasteiger partial charge is 0.467 e. The Morgan fingerprint density at radius 3 is 2.92 bits per heavy atom. The molecule has 12 heavy (non-hydrogen) atoms. The summed E-state index contributed by atoms with van der Waals surface area (Å²) in [7, 11) is 2.92. The van der Waals surface area contributed by atoms with Crippen LogP contribution in [0.2, 0.25) is 0 Å². The predicted molar refractivity (Wildman–Crippen MR) is 39.4 cm³/mol. The van der Waals surface area contributed by atoms with Crippen LogP contribution in [-0.4, -0.2) is 50.2 Å². The second-order valence-electron chi connectivity index (χ2n) is 2.60. The van der Waals surface area contributed by atoms with Crippen molar-refractivity contribution >= 4 is 11.9 Å². The summed E-state index contributed by atoms with van der Waals surface area (Å²) in [5.41, 5.74) is 0. The van der Waals surface area contributed by atoms with Crippen LogP contribution in [0.1, 0.15) is 0 Å². The smallest absolute Gasteiger partial charge is 0.336 e. The molecule has 1 aliphatic rings. The number of morpholine rings is 1. The highest BCUT2D eigenvalue weighted by Gasteiger charge is 2.29. The second-order valence-corrected chi connectivity index (χ2v) is 2.60. The SMILES string of the molecule is COC(=O)C1CN(C)C(=O)CO1. The van der Waals surface area contributed by atoms with Crippen molar-refractivity contribution < 1.29 is 19.1 Å². The number of rotatable bonds is 1. The number of carbonyl (C=O) groups is 2. The first-order chi connectivity index (χ1) is 5.65. The van der Waals surface area contributed by atoms with Crippen LogP contribution < -0.4 is 0 Å². The molecule has 1 atom stereocenters. The molecule has 0 bridgehead atoms. The highest BCUT2D eigenvalue weighted by atomic mass is 16.6. The number of nitrogens with zero attached hydrogens (tertiary/aromatic N) is 1. The molecule has 0 N–H and O–H groups in total. The fraction of sp³-hybridized carbons (Fsp3) is 0.714. The predicted octanol–water partition coefficient (Wildman–Crippen LogP) is -0.983. The minimum absolute atomic E-state index is 0.0454. The van der Waals surface area contributed by atoms with Gasteiger partial charge in [-0.2, -0.15) is 0 Å². The molecule has 68 valence electrons. The van der Waals surface area contributed by atoms with Crippen molar-refractivity contribution in [2.75, 3.05) is 27.3 Å². The zero-order chi connectivity index (χ0) is 9.14. The van der Waals surface area contributed by atoms with Gasteiger partial charge in [-0.25, -0.2) is 4.79 Å². The lowest BCUT2D eigenvalue weighted by Crippen LogP contribution is -2.47. The van der Waals surface area contributed by atoms with Gasteiger partial charge >= 0.3 is 5.97 Å². The van der Waals surface area contributed by atoms with Crippen LogP contribution in [-0.2, 0) is 19.1 Å². The van der Waals surface area contributed by atoms with Crippen LogP contribution >= 0.6 is 0 Å². The van der Waals surface area contributed by atoms with Crippen LogP contribution in [0.4, 0.5) is 0 Å². The molecule has 1 saturated heterocycles. The van der Waals surface area contributed by atoms with Crippen molar-refractivity contribution in [2.45, 2.75) is 6.10 Å². The van der Waals surface area contributed by atoms with Crippen molar-refractivity contribution in [3.63, 3.8) is 0 Å². The van der Waals surface area contributed by atoms with E-state index in [-0.39, 0.29) is 19.1 Å². The van der Waals surface area contributed by atoms with Gasteiger partial charge in [0.25, 0.3) is 0 Å². The monoisotopic (exact) mass is 173 g/mol. The van der Waals surface area contributed by atoms with E-state index in [4.69, 9.17) is 4.74 Å². The Balaban J connectivity index is 2.50. The zero-order valence-electron chi connectivity index (χ0n) is 7.07. The van der Waals surface area contributed by atoms with Crippen LogP contribution in [0.3, 0.4) is 0 Å². The molecule has 1 amide bonds. The van der Waals surface area contributed by atoms with E-state index >= 15 is 0 Å². The van der Waals surface area contributed by atoms with Crippen LogP contribution in [0, 0.1) is 0 Å². The van der Waals surface area contributed by atoms with E-state index in [0.717, 1.165) is 0 Å². The first kappa shape index (κ1) is 8.99. The molecule has 1 fully saturated rings. The van der Waals surface area contributed by atoms with Gasteiger partial charge in [-0.15, -0.1) is 0 Å². The molecular weight excluding hydrogens is 162 g/mol. The van der Waals surface area contributed by atoms with E-state index < -0.39 is 12.1 Å². The van der Waals surface area contributed by atoms with E-state index in [2.05, 4.69) is 4.74 Å². The number of likely N-dealkylation sites (N-methyl/N-ethyl adjacent to an activating group) is 1. The molecule has 1 unspecified atom stereocenters. The van der Waals surface area contributed by atoms with Crippen molar-refractivity contribution in [3.8, 4) is 0 Å². The number of ether oxygens (including phenoxy) is 2. The Hall–Kier alpha value is -1.10. The quantitative estimate of drug-likeness (QED) is 0.478. The molecule has 0 spiro atoms. The summed E-state index contributed by atoms with van der Waals surface area (Å²) in [4.78, 5) is 23.3. The van der Waals surface area contributed by atoms with Gasteiger partial charge in [0.1, 0.15) is 6.61 Å². The Morgan fingerprint density at radius 2 is 2.42 bits per heavy atom. The van der Waals surface area contributed by atoms with Crippen LogP contribution in [0.5, 0.6) is 0 Å². The normalized spacial score (nSPS) is 24.0. The van der Waals surface area contributed by atoms with E-state index in [1.54, 1.807) is 7.05 Å². The van der Waals surface area contributed by atoms with Gasteiger partial charge < -0.3 is 14.4 Å². The zero-order valence-corrected chi connectivity index (χ0v) is 7.07. The maximum Gasteiger partial charge on any atom is 0.336 e. The number of methoxy groups -OCH3 is 1. The van der Waals surface area contributed by atoms with Gasteiger partial charge in [0.2, 0.25) is 5.91 Å². The summed E-state index contributed by atoms with van der Waals surface area (Å²) in [5.74, 6) is -0.551. The number of esters is 1. The number of amides is 1. The Kier molecular flexibility index (Phi) is 2.65. The minimum atomic E-state index is -0.627. The van der Waals surface area contributed by atoms with Crippen molar-refractivity contribution in [3.05, 3.63) is 0 Å². The highest BCUT2D eigenvalue weighted by Crippen LogP contribution is 2.05. The Morgan fingerprint density at radius 1 is 1.75 bits per heavy atom. The molecule has 0 saturated carbocycles. The van der Waals surface area contributed by atoms with Gasteiger partial charge in [0.05, 0.1) is 13.7 Å². The van der Waals surface area contributed by atoms with Gasteiger partial charge in [-0.05, 0) is 0 Å².